The first-order valence-electron chi connectivity index (χ1n) is 7.99. The van der Waals surface area contributed by atoms with E-state index in [0.29, 0.717) is 17.6 Å². The lowest BCUT2D eigenvalue weighted by atomic mass is 10.0. The monoisotopic (exact) mass is 340 g/mol. The maximum Gasteiger partial charge on any atom is 0.407 e. The molecule has 0 aromatic carbocycles. The minimum atomic E-state index is -0.496. The van der Waals surface area contributed by atoms with Crippen LogP contribution in [0.15, 0.2) is 6.20 Å². The third kappa shape index (κ3) is 5.23. The Kier molecular flexibility index (Phi) is 5.68. The van der Waals surface area contributed by atoms with Crippen LogP contribution in [0.1, 0.15) is 45.6 Å². The number of nitrogens with one attached hydrogen (secondary N) is 1. The van der Waals surface area contributed by atoms with Crippen molar-refractivity contribution in [3.63, 3.8) is 0 Å². The summed E-state index contributed by atoms with van der Waals surface area (Å²) in [4.78, 5) is 22.7. The van der Waals surface area contributed by atoms with Gasteiger partial charge in [-0.25, -0.2) is 14.8 Å². The average Bonchev–Trinajstić information content (AvgIpc) is 2.47. The zero-order valence-electron chi connectivity index (χ0n) is 14.2. The van der Waals surface area contributed by atoms with Gasteiger partial charge in [0.25, 0.3) is 0 Å². The van der Waals surface area contributed by atoms with E-state index in [1.807, 2.05) is 27.7 Å². The Morgan fingerprint density at radius 2 is 2.22 bits per heavy atom. The van der Waals surface area contributed by atoms with Gasteiger partial charge in [-0.1, -0.05) is 11.6 Å². The molecule has 1 amide bonds. The van der Waals surface area contributed by atoms with Crippen LogP contribution in [0.5, 0.6) is 0 Å². The Hall–Kier alpha value is -1.56. The molecule has 1 N–H and O–H groups in total. The summed E-state index contributed by atoms with van der Waals surface area (Å²) in [5.41, 5.74) is 0.361. The van der Waals surface area contributed by atoms with Crippen LogP contribution in [0, 0.1) is 6.92 Å². The molecule has 7 heteroatoms. The summed E-state index contributed by atoms with van der Waals surface area (Å²) >= 11 is 6.11. The number of aryl methyl sites for hydroxylation is 1. The number of alkyl carbamates (subject to hydrolysis) is 1. The Balaban J connectivity index is 2.01. The lowest BCUT2D eigenvalue weighted by Crippen LogP contribution is -2.48. The van der Waals surface area contributed by atoms with Gasteiger partial charge >= 0.3 is 6.09 Å². The fourth-order valence-electron chi connectivity index (χ4n) is 2.54. The summed E-state index contributed by atoms with van der Waals surface area (Å²) in [6, 6.07) is 0.148. The van der Waals surface area contributed by atoms with E-state index in [-0.39, 0.29) is 6.04 Å². The van der Waals surface area contributed by atoms with Crippen molar-refractivity contribution in [2.24, 2.45) is 0 Å². The summed E-state index contributed by atoms with van der Waals surface area (Å²) in [5.74, 6) is 0.622. The van der Waals surface area contributed by atoms with Gasteiger partial charge in [0.2, 0.25) is 5.95 Å². The highest BCUT2D eigenvalue weighted by atomic mass is 35.5. The summed E-state index contributed by atoms with van der Waals surface area (Å²) in [6.07, 6.45) is 4.52. The third-order valence-electron chi connectivity index (χ3n) is 3.66. The Morgan fingerprint density at radius 3 is 2.87 bits per heavy atom. The van der Waals surface area contributed by atoms with Crippen LogP contribution >= 0.6 is 11.6 Å². The molecule has 1 aliphatic heterocycles. The van der Waals surface area contributed by atoms with Crippen LogP contribution in [-0.4, -0.2) is 40.8 Å². The zero-order valence-corrected chi connectivity index (χ0v) is 15.0. The number of hydrogen-bond acceptors (Lipinski definition) is 5. The molecular weight excluding hydrogens is 316 g/mol. The predicted molar refractivity (Wildman–Crippen MR) is 91.0 cm³/mol. The smallest absolute Gasteiger partial charge is 0.407 e. The van der Waals surface area contributed by atoms with Crippen LogP contribution in [0.2, 0.25) is 5.15 Å². The van der Waals surface area contributed by atoms with E-state index < -0.39 is 11.7 Å². The van der Waals surface area contributed by atoms with Gasteiger partial charge in [-0.15, -0.1) is 0 Å². The third-order valence-corrected chi connectivity index (χ3v) is 4.04. The van der Waals surface area contributed by atoms with E-state index in [2.05, 4.69) is 20.2 Å². The van der Waals surface area contributed by atoms with Crippen molar-refractivity contribution in [1.29, 1.82) is 0 Å². The SMILES string of the molecule is Cc1cnc(N2CCCCC2CNC(=O)OC(C)(C)C)nc1Cl. The first-order valence-corrected chi connectivity index (χ1v) is 8.37. The molecule has 1 unspecified atom stereocenters. The van der Waals surface area contributed by atoms with E-state index in [1.54, 1.807) is 6.20 Å². The molecule has 0 bridgehead atoms. The van der Waals surface area contributed by atoms with Gasteiger partial charge in [0.05, 0.1) is 0 Å². The number of rotatable bonds is 3. The maximum absolute atomic E-state index is 11.8. The number of anilines is 1. The minimum absolute atomic E-state index is 0.148. The first-order chi connectivity index (χ1) is 10.8. The second-order valence-corrected chi connectivity index (χ2v) is 7.23. The summed E-state index contributed by atoms with van der Waals surface area (Å²) in [7, 11) is 0. The van der Waals surface area contributed by atoms with Gasteiger partial charge in [-0.3, -0.25) is 0 Å². The number of aromatic nitrogens is 2. The second-order valence-electron chi connectivity index (χ2n) is 6.87. The second kappa shape index (κ2) is 7.34. The number of nitrogens with zero attached hydrogens (tertiary/aromatic N) is 3. The minimum Gasteiger partial charge on any atom is -0.444 e. The number of amides is 1. The largest absolute Gasteiger partial charge is 0.444 e. The molecule has 0 aliphatic carbocycles. The molecule has 1 aromatic rings. The van der Waals surface area contributed by atoms with Gasteiger partial charge in [0.1, 0.15) is 10.8 Å². The highest BCUT2D eigenvalue weighted by molar-refractivity contribution is 6.30. The van der Waals surface area contributed by atoms with Crippen LogP contribution < -0.4 is 10.2 Å². The van der Waals surface area contributed by atoms with Gasteiger partial charge in [-0.05, 0) is 47.0 Å². The molecule has 1 saturated heterocycles. The molecule has 1 aromatic heterocycles. The average molecular weight is 341 g/mol. The van der Waals surface area contributed by atoms with Crippen molar-refractivity contribution in [2.45, 2.75) is 58.6 Å². The molecule has 2 rings (SSSR count). The fourth-order valence-corrected chi connectivity index (χ4v) is 2.67. The highest BCUT2D eigenvalue weighted by Gasteiger charge is 2.26. The first kappa shape index (κ1) is 17.8. The lowest BCUT2D eigenvalue weighted by Gasteiger charge is -2.36. The van der Waals surface area contributed by atoms with Gasteiger partial charge < -0.3 is 15.0 Å². The zero-order chi connectivity index (χ0) is 17.0. The molecule has 0 saturated carbocycles. The van der Waals surface area contributed by atoms with Crippen LogP contribution in [0.25, 0.3) is 0 Å². The number of hydrogen-bond donors (Lipinski definition) is 1. The number of halogens is 1. The molecule has 1 aliphatic rings. The number of ether oxygens (including phenoxy) is 1. The van der Waals surface area contributed by atoms with E-state index in [0.717, 1.165) is 31.4 Å². The molecular formula is C16H25ClN4O2. The molecule has 0 spiro atoms. The summed E-state index contributed by atoms with van der Waals surface area (Å²) in [6.45, 7) is 8.79. The lowest BCUT2D eigenvalue weighted by molar-refractivity contribution is 0.0522. The van der Waals surface area contributed by atoms with Crippen molar-refractivity contribution in [3.05, 3.63) is 16.9 Å². The van der Waals surface area contributed by atoms with Crippen molar-refractivity contribution < 1.29 is 9.53 Å². The molecule has 2 heterocycles. The molecule has 0 radical (unpaired) electrons. The molecule has 128 valence electrons. The van der Waals surface area contributed by atoms with Crippen LogP contribution in [-0.2, 0) is 4.74 Å². The van der Waals surface area contributed by atoms with E-state index in [9.17, 15) is 4.79 Å². The van der Waals surface area contributed by atoms with E-state index >= 15 is 0 Å². The van der Waals surface area contributed by atoms with E-state index in [4.69, 9.17) is 16.3 Å². The van der Waals surface area contributed by atoms with Gasteiger partial charge in [0, 0.05) is 30.9 Å². The molecule has 1 fully saturated rings. The van der Waals surface area contributed by atoms with Gasteiger partial charge in [-0.2, -0.15) is 0 Å². The maximum atomic E-state index is 11.8. The van der Waals surface area contributed by atoms with Crippen molar-refractivity contribution in [1.82, 2.24) is 15.3 Å². The van der Waals surface area contributed by atoms with Crippen molar-refractivity contribution in [3.8, 4) is 0 Å². The Morgan fingerprint density at radius 1 is 1.48 bits per heavy atom. The predicted octanol–water partition coefficient (Wildman–Crippen LogP) is 3.32. The molecule has 1 atom stereocenters. The number of piperidine rings is 1. The van der Waals surface area contributed by atoms with E-state index in [1.165, 1.54) is 0 Å². The highest BCUT2D eigenvalue weighted by Crippen LogP contribution is 2.23. The van der Waals surface area contributed by atoms with Crippen molar-refractivity contribution in [2.75, 3.05) is 18.0 Å². The number of carbonyl (C=O) groups excluding carboxylic acids is 1. The van der Waals surface area contributed by atoms with Crippen LogP contribution in [0.3, 0.4) is 0 Å². The Bertz CT molecular complexity index is 560. The molecule has 6 nitrogen and oxygen atoms in total. The summed E-state index contributed by atoms with van der Waals surface area (Å²) < 4.78 is 5.28. The number of carbonyl (C=O) groups is 1. The Labute approximate surface area is 142 Å². The molecule has 23 heavy (non-hydrogen) atoms. The van der Waals surface area contributed by atoms with Gasteiger partial charge in [0.15, 0.2) is 0 Å². The topological polar surface area (TPSA) is 67.4 Å². The fraction of sp³-hybridized carbons (Fsp3) is 0.688. The normalized spacial score (nSPS) is 18.7. The standard InChI is InChI=1S/C16H25ClN4O2/c1-11-9-18-14(20-13(11)17)21-8-6-5-7-12(21)10-19-15(22)23-16(2,3)4/h9,12H,5-8,10H2,1-4H3,(H,19,22). The van der Waals surface area contributed by atoms with Crippen molar-refractivity contribution >= 4 is 23.6 Å². The summed E-state index contributed by atoms with van der Waals surface area (Å²) in [5, 5.41) is 3.31. The van der Waals surface area contributed by atoms with Crippen LogP contribution in [0.4, 0.5) is 10.7 Å². The quantitative estimate of drug-likeness (QED) is 0.855.